The van der Waals surface area contributed by atoms with E-state index in [-0.39, 0.29) is 42.8 Å². The first-order valence-corrected chi connectivity index (χ1v) is 6.74. The highest BCUT2D eigenvalue weighted by Crippen LogP contribution is 2.18. The molecule has 9 heteroatoms. The van der Waals surface area contributed by atoms with E-state index in [9.17, 15) is 18.0 Å². The van der Waals surface area contributed by atoms with E-state index in [1.165, 1.54) is 0 Å². The van der Waals surface area contributed by atoms with Gasteiger partial charge in [-0.05, 0) is 13.3 Å². The smallest absolute Gasteiger partial charge is 0.357 e. The molecule has 0 atom stereocenters. The van der Waals surface area contributed by atoms with Gasteiger partial charge in [-0.1, -0.05) is 6.92 Å². The Labute approximate surface area is 140 Å². The number of rotatable bonds is 8. The molecule has 0 bridgehead atoms. The van der Waals surface area contributed by atoms with Crippen molar-refractivity contribution in [2.24, 2.45) is 4.99 Å². The van der Waals surface area contributed by atoms with Crippen LogP contribution in [0.1, 0.15) is 33.1 Å². The quantitative estimate of drug-likeness (QED) is 0.318. The van der Waals surface area contributed by atoms with Crippen LogP contribution in [0.3, 0.4) is 0 Å². The average Bonchev–Trinajstić information content (AvgIpc) is 2.34. The molecule has 0 aliphatic rings. The normalized spacial score (nSPS) is 11.6. The first-order chi connectivity index (χ1) is 9.39. The molecule has 0 heterocycles. The summed E-state index contributed by atoms with van der Waals surface area (Å²) in [6.45, 7) is 4.93. The largest absolute Gasteiger partial charge is 0.390 e. The third-order valence-corrected chi connectivity index (χ3v) is 2.23. The van der Waals surface area contributed by atoms with E-state index in [2.05, 4.69) is 20.9 Å². The van der Waals surface area contributed by atoms with Gasteiger partial charge in [-0.15, -0.1) is 24.0 Å². The molecular formula is C12H24F3IN4O. The van der Waals surface area contributed by atoms with Crippen molar-refractivity contribution in [3.8, 4) is 0 Å². The topological polar surface area (TPSA) is 65.5 Å². The maximum absolute atomic E-state index is 12.0. The van der Waals surface area contributed by atoms with Gasteiger partial charge in [0.05, 0.1) is 13.0 Å². The van der Waals surface area contributed by atoms with E-state index < -0.39 is 12.6 Å². The molecule has 0 saturated carbocycles. The van der Waals surface area contributed by atoms with Crippen LogP contribution < -0.4 is 16.0 Å². The fraction of sp³-hybridized carbons (Fsp3) is 0.833. The molecule has 0 radical (unpaired) electrons. The number of alkyl halides is 3. The molecule has 21 heavy (non-hydrogen) atoms. The number of carbonyl (C=O) groups is 1. The van der Waals surface area contributed by atoms with Gasteiger partial charge in [0.25, 0.3) is 0 Å². The molecule has 0 aromatic rings. The van der Waals surface area contributed by atoms with Crippen molar-refractivity contribution in [1.82, 2.24) is 16.0 Å². The molecule has 0 aliphatic carbocycles. The van der Waals surface area contributed by atoms with Crippen molar-refractivity contribution >= 4 is 35.8 Å². The lowest BCUT2D eigenvalue weighted by atomic mass is 10.4. The number of hydrogen-bond acceptors (Lipinski definition) is 2. The number of nitrogens with one attached hydrogen (secondary N) is 3. The van der Waals surface area contributed by atoms with Crippen molar-refractivity contribution in [3.63, 3.8) is 0 Å². The summed E-state index contributed by atoms with van der Waals surface area (Å²) in [5, 5.41) is 8.36. The summed E-state index contributed by atoms with van der Waals surface area (Å²) in [6.07, 6.45) is -4.05. The van der Waals surface area contributed by atoms with E-state index in [4.69, 9.17) is 0 Å². The minimum absolute atomic E-state index is 0. The van der Waals surface area contributed by atoms with Crippen molar-refractivity contribution in [2.45, 2.75) is 39.3 Å². The number of amides is 1. The average molecular weight is 424 g/mol. The van der Waals surface area contributed by atoms with Crippen LogP contribution in [0.5, 0.6) is 0 Å². The van der Waals surface area contributed by atoms with Crippen molar-refractivity contribution in [1.29, 1.82) is 0 Å². The number of aliphatic imine (C=N–C) groups is 1. The Morgan fingerprint density at radius 2 is 1.76 bits per heavy atom. The molecule has 0 aromatic carbocycles. The summed E-state index contributed by atoms with van der Waals surface area (Å²) in [4.78, 5) is 15.1. The van der Waals surface area contributed by atoms with Crippen LogP contribution in [0.15, 0.2) is 4.99 Å². The maximum atomic E-state index is 12.0. The van der Waals surface area contributed by atoms with Crippen LogP contribution in [0.4, 0.5) is 13.2 Å². The van der Waals surface area contributed by atoms with Crippen molar-refractivity contribution in [2.75, 3.05) is 26.2 Å². The molecule has 3 N–H and O–H groups in total. The monoisotopic (exact) mass is 424 g/mol. The Hall–Kier alpha value is -0.740. The summed E-state index contributed by atoms with van der Waals surface area (Å²) in [7, 11) is 0. The number of nitrogens with zero attached hydrogens (tertiary/aromatic N) is 1. The van der Waals surface area contributed by atoms with Gasteiger partial charge in [-0.25, -0.2) is 0 Å². The highest BCUT2D eigenvalue weighted by atomic mass is 127. The lowest BCUT2D eigenvalue weighted by molar-refractivity contribution is -0.132. The van der Waals surface area contributed by atoms with Gasteiger partial charge in [-0.2, -0.15) is 13.2 Å². The predicted molar refractivity (Wildman–Crippen MR) is 88.0 cm³/mol. The van der Waals surface area contributed by atoms with E-state index in [1.807, 2.05) is 13.8 Å². The van der Waals surface area contributed by atoms with E-state index in [0.717, 1.165) is 6.42 Å². The lowest BCUT2D eigenvalue weighted by Crippen LogP contribution is -2.39. The van der Waals surface area contributed by atoms with Gasteiger partial charge in [0, 0.05) is 26.1 Å². The molecular weight excluding hydrogens is 400 g/mol. The summed E-state index contributed by atoms with van der Waals surface area (Å²) < 4.78 is 36.0. The summed E-state index contributed by atoms with van der Waals surface area (Å²) >= 11 is 0. The number of hydrogen-bond donors (Lipinski definition) is 3. The van der Waals surface area contributed by atoms with Crippen molar-refractivity contribution < 1.29 is 18.0 Å². The van der Waals surface area contributed by atoms with Gasteiger partial charge < -0.3 is 16.0 Å². The Morgan fingerprint density at radius 3 is 2.29 bits per heavy atom. The lowest BCUT2D eigenvalue weighted by Gasteiger charge is -2.11. The first-order valence-electron chi connectivity index (χ1n) is 6.74. The van der Waals surface area contributed by atoms with Crippen LogP contribution in [0.2, 0.25) is 0 Å². The molecule has 0 fully saturated rings. The highest BCUT2D eigenvalue weighted by molar-refractivity contribution is 14.0. The Balaban J connectivity index is 0. The highest BCUT2D eigenvalue weighted by Gasteiger charge is 2.26. The van der Waals surface area contributed by atoms with Crippen molar-refractivity contribution in [3.05, 3.63) is 0 Å². The molecule has 0 aromatic heterocycles. The number of halogens is 4. The molecule has 5 nitrogen and oxygen atoms in total. The van der Waals surface area contributed by atoms with E-state index in [0.29, 0.717) is 25.6 Å². The fourth-order valence-electron chi connectivity index (χ4n) is 1.28. The zero-order chi connectivity index (χ0) is 15.4. The summed E-state index contributed by atoms with van der Waals surface area (Å²) in [5.74, 6) is 0.200. The van der Waals surface area contributed by atoms with Gasteiger partial charge in [0.1, 0.15) is 0 Å². The maximum Gasteiger partial charge on any atom is 0.390 e. The van der Waals surface area contributed by atoms with E-state index >= 15 is 0 Å². The standard InChI is InChI=1S/C12H23F3N4O.HI/c1-3-7-17-10(20)5-8-18-11(16-4-2)19-9-6-12(13,14)15;/h3-9H2,1-2H3,(H,17,20)(H2,16,18,19);1H. The second-order valence-corrected chi connectivity index (χ2v) is 4.15. The first kappa shape index (κ1) is 22.5. The number of guanidine groups is 1. The third kappa shape index (κ3) is 15.5. The molecule has 126 valence electrons. The minimum atomic E-state index is -4.21. The van der Waals surface area contributed by atoms with E-state index in [1.54, 1.807) is 0 Å². The van der Waals surface area contributed by atoms with Crippen LogP contribution in [0.25, 0.3) is 0 Å². The Kier molecular flexibility index (Phi) is 13.9. The van der Waals surface area contributed by atoms with Gasteiger partial charge in [0.15, 0.2) is 5.96 Å². The van der Waals surface area contributed by atoms with Crippen LogP contribution in [0, 0.1) is 0 Å². The molecule has 0 unspecified atom stereocenters. The molecule has 0 spiro atoms. The summed E-state index contributed by atoms with van der Waals surface area (Å²) in [5.41, 5.74) is 0. The molecule has 1 amide bonds. The number of carbonyl (C=O) groups excluding carboxylic acids is 1. The van der Waals surface area contributed by atoms with Gasteiger partial charge in [-0.3, -0.25) is 9.79 Å². The zero-order valence-corrected chi connectivity index (χ0v) is 14.7. The Morgan fingerprint density at radius 1 is 1.10 bits per heavy atom. The predicted octanol–water partition coefficient (Wildman–Crippen LogP) is 2.03. The van der Waals surface area contributed by atoms with Crippen LogP contribution in [-0.2, 0) is 4.79 Å². The van der Waals surface area contributed by atoms with Gasteiger partial charge >= 0.3 is 6.18 Å². The second kappa shape index (κ2) is 13.0. The Bertz CT molecular complexity index is 311. The summed E-state index contributed by atoms with van der Waals surface area (Å²) in [6, 6.07) is 0. The third-order valence-electron chi connectivity index (χ3n) is 2.23. The van der Waals surface area contributed by atoms with Gasteiger partial charge in [0.2, 0.25) is 5.91 Å². The zero-order valence-electron chi connectivity index (χ0n) is 12.3. The SMILES string of the molecule is CCCNC(=O)CCNC(=NCCC(F)(F)F)NCC.I. The minimum Gasteiger partial charge on any atom is -0.357 e. The molecule has 0 rings (SSSR count). The second-order valence-electron chi connectivity index (χ2n) is 4.15. The van der Waals surface area contributed by atoms with Crippen LogP contribution >= 0.6 is 24.0 Å². The molecule has 0 saturated heterocycles. The van der Waals surface area contributed by atoms with Crippen LogP contribution in [-0.4, -0.2) is 44.2 Å². The fourth-order valence-corrected chi connectivity index (χ4v) is 1.28. The molecule has 0 aliphatic heterocycles.